The summed E-state index contributed by atoms with van der Waals surface area (Å²) in [7, 11) is 0. The van der Waals surface area contributed by atoms with Crippen molar-refractivity contribution in [2.75, 3.05) is 5.73 Å². The fraction of sp³-hybridized carbons (Fsp3) is 0.133. The van der Waals surface area contributed by atoms with Gasteiger partial charge in [-0.2, -0.15) is 0 Å². The summed E-state index contributed by atoms with van der Waals surface area (Å²) in [5.74, 6) is -1.68. The molecule has 1 aromatic heterocycles. The van der Waals surface area contributed by atoms with Gasteiger partial charge in [-0.05, 0) is 24.1 Å². The van der Waals surface area contributed by atoms with Gasteiger partial charge in [-0.25, -0.2) is 9.78 Å². The summed E-state index contributed by atoms with van der Waals surface area (Å²) in [6.45, 7) is 1.90. The molecule has 5 heteroatoms. The first-order valence-electron chi connectivity index (χ1n) is 6.06. The van der Waals surface area contributed by atoms with Crippen molar-refractivity contribution in [3.8, 4) is 0 Å². The first-order chi connectivity index (χ1) is 9.50. The molecule has 0 fully saturated rings. The molecule has 2 aromatic rings. The number of aromatic carboxylic acids is 1. The van der Waals surface area contributed by atoms with Crippen LogP contribution in [0.1, 0.15) is 31.8 Å². The minimum absolute atomic E-state index is 0.0910. The van der Waals surface area contributed by atoms with E-state index in [9.17, 15) is 9.59 Å². The summed E-state index contributed by atoms with van der Waals surface area (Å²) in [6, 6.07) is 8.87. The fourth-order valence-corrected chi connectivity index (χ4v) is 2.01. The summed E-state index contributed by atoms with van der Waals surface area (Å²) in [4.78, 5) is 27.2. The Morgan fingerprint density at radius 3 is 2.60 bits per heavy atom. The Hall–Kier alpha value is -2.69. The summed E-state index contributed by atoms with van der Waals surface area (Å²) in [5, 5.41) is 9.14. The second-order valence-corrected chi connectivity index (χ2v) is 4.45. The Bertz CT molecular complexity index is 681. The van der Waals surface area contributed by atoms with Crippen LogP contribution in [-0.2, 0) is 6.42 Å². The molecule has 0 aliphatic carbocycles. The molecule has 102 valence electrons. The van der Waals surface area contributed by atoms with Crippen molar-refractivity contribution in [2.45, 2.75) is 13.3 Å². The maximum Gasteiger partial charge on any atom is 0.340 e. The second kappa shape index (κ2) is 5.52. The van der Waals surface area contributed by atoms with E-state index in [1.54, 1.807) is 0 Å². The third-order valence-electron chi connectivity index (χ3n) is 3.11. The minimum atomic E-state index is -1.25. The number of pyridine rings is 1. The molecule has 20 heavy (non-hydrogen) atoms. The van der Waals surface area contributed by atoms with Crippen molar-refractivity contribution in [3.63, 3.8) is 0 Å². The summed E-state index contributed by atoms with van der Waals surface area (Å²) in [6.07, 6.45) is 1.48. The number of nitrogens with zero attached hydrogens (tertiary/aromatic N) is 1. The Labute approximate surface area is 116 Å². The highest BCUT2D eigenvalue weighted by molar-refractivity contribution is 6.08. The number of hydrogen-bond acceptors (Lipinski definition) is 4. The number of hydrogen-bond donors (Lipinski definition) is 2. The maximum atomic E-state index is 12.3. The summed E-state index contributed by atoms with van der Waals surface area (Å²) in [5.41, 5.74) is 7.25. The molecule has 0 bridgehead atoms. The van der Waals surface area contributed by atoms with Crippen LogP contribution >= 0.6 is 0 Å². The molecule has 0 unspecified atom stereocenters. The molecule has 0 aliphatic heterocycles. The van der Waals surface area contributed by atoms with Crippen molar-refractivity contribution >= 4 is 17.6 Å². The van der Waals surface area contributed by atoms with Gasteiger partial charge in [0.25, 0.3) is 0 Å². The van der Waals surface area contributed by atoms with Gasteiger partial charge in [-0.1, -0.05) is 24.3 Å². The average molecular weight is 270 g/mol. The number of anilines is 1. The molecule has 0 atom stereocenters. The van der Waals surface area contributed by atoms with Gasteiger partial charge < -0.3 is 10.8 Å². The SMILES string of the molecule is Cc1ccccc1CC(=O)c1ccnc(N)c1C(=O)O. The Balaban J connectivity index is 2.38. The highest BCUT2D eigenvalue weighted by Gasteiger charge is 2.20. The Morgan fingerprint density at radius 1 is 1.25 bits per heavy atom. The number of nitrogens with two attached hydrogens (primary N) is 1. The molecule has 0 spiro atoms. The predicted octanol–water partition coefficient (Wildman–Crippen LogP) is 2.10. The van der Waals surface area contributed by atoms with E-state index >= 15 is 0 Å². The average Bonchev–Trinajstić information content (AvgIpc) is 2.40. The van der Waals surface area contributed by atoms with E-state index in [1.165, 1.54) is 12.3 Å². The maximum absolute atomic E-state index is 12.3. The molecular weight excluding hydrogens is 256 g/mol. The van der Waals surface area contributed by atoms with Gasteiger partial charge in [0.05, 0.1) is 0 Å². The third-order valence-corrected chi connectivity index (χ3v) is 3.11. The van der Waals surface area contributed by atoms with Crippen LogP contribution in [0.15, 0.2) is 36.5 Å². The highest BCUT2D eigenvalue weighted by Crippen LogP contribution is 2.18. The van der Waals surface area contributed by atoms with Gasteiger partial charge in [0, 0.05) is 18.2 Å². The van der Waals surface area contributed by atoms with Crippen molar-refractivity contribution in [1.29, 1.82) is 0 Å². The molecule has 1 heterocycles. The number of aryl methyl sites for hydroxylation is 1. The largest absolute Gasteiger partial charge is 0.478 e. The first kappa shape index (κ1) is 13.7. The van der Waals surface area contributed by atoms with E-state index < -0.39 is 5.97 Å². The molecule has 3 N–H and O–H groups in total. The van der Waals surface area contributed by atoms with Crippen molar-refractivity contribution in [2.24, 2.45) is 0 Å². The normalized spacial score (nSPS) is 10.2. The van der Waals surface area contributed by atoms with Gasteiger partial charge in [0.2, 0.25) is 0 Å². The number of benzene rings is 1. The zero-order valence-electron chi connectivity index (χ0n) is 11.0. The zero-order chi connectivity index (χ0) is 14.7. The summed E-state index contributed by atoms with van der Waals surface area (Å²) >= 11 is 0. The third kappa shape index (κ3) is 2.66. The van der Waals surface area contributed by atoms with E-state index in [1.807, 2.05) is 31.2 Å². The van der Waals surface area contributed by atoms with Crippen LogP contribution in [0.2, 0.25) is 0 Å². The Morgan fingerprint density at radius 2 is 1.95 bits per heavy atom. The van der Waals surface area contributed by atoms with E-state index in [0.29, 0.717) is 0 Å². The highest BCUT2D eigenvalue weighted by atomic mass is 16.4. The predicted molar refractivity (Wildman–Crippen MR) is 74.8 cm³/mol. The molecular formula is C15H14N2O3. The quantitative estimate of drug-likeness (QED) is 0.830. The van der Waals surface area contributed by atoms with E-state index in [-0.39, 0.29) is 29.1 Å². The van der Waals surface area contributed by atoms with Gasteiger partial charge in [-0.3, -0.25) is 4.79 Å². The van der Waals surface area contributed by atoms with Crippen LogP contribution in [0, 0.1) is 6.92 Å². The first-order valence-corrected chi connectivity index (χ1v) is 6.06. The van der Waals surface area contributed by atoms with Crippen LogP contribution in [0.25, 0.3) is 0 Å². The van der Waals surface area contributed by atoms with Crippen molar-refractivity contribution in [1.82, 2.24) is 4.98 Å². The van der Waals surface area contributed by atoms with Crippen LogP contribution in [0.5, 0.6) is 0 Å². The number of carbonyl (C=O) groups is 2. The van der Waals surface area contributed by atoms with Gasteiger partial charge in [0.1, 0.15) is 11.4 Å². The molecule has 0 amide bonds. The lowest BCUT2D eigenvalue weighted by Crippen LogP contribution is -2.14. The van der Waals surface area contributed by atoms with Gasteiger partial charge in [-0.15, -0.1) is 0 Å². The van der Waals surface area contributed by atoms with E-state index in [0.717, 1.165) is 11.1 Å². The molecule has 0 aliphatic rings. The molecule has 0 saturated carbocycles. The van der Waals surface area contributed by atoms with E-state index in [4.69, 9.17) is 10.8 Å². The molecule has 0 saturated heterocycles. The smallest absolute Gasteiger partial charge is 0.340 e. The second-order valence-electron chi connectivity index (χ2n) is 4.45. The number of rotatable bonds is 4. The molecule has 0 radical (unpaired) electrons. The van der Waals surface area contributed by atoms with Gasteiger partial charge >= 0.3 is 5.97 Å². The number of carbonyl (C=O) groups excluding carboxylic acids is 1. The zero-order valence-corrected chi connectivity index (χ0v) is 11.0. The topological polar surface area (TPSA) is 93.3 Å². The number of carboxylic acids is 1. The lowest BCUT2D eigenvalue weighted by molar-refractivity contribution is 0.0692. The monoisotopic (exact) mass is 270 g/mol. The van der Waals surface area contributed by atoms with Crippen LogP contribution in [0.4, 0.5) is 5.82 Å². The van der Waals surface area contributed by atoms with Crippen LogP contribution in [-0.4, -0.2) is 21.8 Å². The Kier molecular flexibility index (Phi) is 3.79. The number of nitrogen functional groups attached to an aromatic ring is 1. The molecule has 1 aromatic carbocycles. The fourth-order valence-electron chi connectivity index (χ4n) is 2.01. The molecule has 2 rings (SSSR count). The number of aromatic nitrogens is 1. The van der Waals surface area contributed by atoms with Crippen molar-refractivity contribution in [3.05, 3.63) is 58.8 Å². The van der Waals surface area contributed by atoms with Crippen LogP contribution < -0.4 is 5.73 Å². The molecule has 5 nitrogen and oxygen atoms in total. The van der Waals surface area contributed by atoms with Crippen molar-refractivity contribution < 1.29 is 14.7 Å². The van der Waals surface area contributed by atoms with Crippen LogP contribution in [0.3, 0.4) is 0 Å². The van der Waals surface area contributed by atoms with Gasteiger partial charge in [0.15, 0.2) is 5.78 Å². The minimum Gasteiger partial charge on any atom is -0.478 e. The summed E-state index contributed by atoms with van der Waals surface area (Å²) < 4.78 is 0. The lowest BCUT2D eigenvalue weighted by atomic mass is 9.97. The number of carboxylic acid groups (broad SMARTS) is 1. The van der Waals surface area contributed by atoms with E-state index in [2.05, 4.69) is 4.98 Å². The lowest BCUT2D eigenvalue weighted by Gasteiger charge is -2.08. The number of Topliss-reactive ketones (excluding diaryl/α,β-unsaturated/α-hetero) is 1. The standard InChI is InChI=1S/C15H14N2O3/c1-9-4-2-3-5-10(9)8-12(18)11-6-7-17-14(16)13(11)15(19)20/h2-7H,8H2,1H3,(H2,16,17)(H,19,20). The number of ketones is 1.